The molecule has 3 heterocycles. The van der Waals surface area contributed by atoms with E-state index in [1.165, 1.54) is 19.3 Å². The van der Waals surface area contributed by atoms with E-state index >= 15 is 0 Å². The van der Waals surface area contributed by atoms with Gasteiger partial charge in [0.15, 0.2) is 5.52 Å². The summed E-state index contributed by atoms with van der Waals surface area (Å²) in [6, 6.07) is 0. The molecule has 0 aromatic carbocycles. The molecule has 21 heavy (non-hydrogen) atoms. The molecule has 0 amide bonds. The van der Waals surface area contributed by atoms with Gasteiger partial charge >= 0.3 is 5.69 Å². The van der Waals surface area contributed by atoms with Crippen LogP contribution in [0.5, 0.6) is 0 Å². The highest BCUT2D eigenvalue weighted by Crippen LogP contribution is 2.33. The number of nitrogens with zero attached hydrogens (tertiary/aromatic N) is 3. The molecule has 0 radical (unpaired) electrons. The van der Waals surface area contributed by atoms with E-state index in [1.807, 2.05) is 4.57 Å². The molecule has 7 nitrogen and oxygen atoms in total. The number of rotatable bonds is 3. The molecule has 1 saturated heterocycles. The molecule has 2 aliphatic rings. The Morgan fingerprint density at radius 1 is 1.10 bits per heavy atom. The van der Waals surface area contributed by atoms with Crippen LogP contribution >= 0.6 is 0 Å². The van der Waals surface area contributed by atoms with Crippen LogP contribution in [0, 0.1) is 5.92 Å². The van der Waals surface area contributed by atoms with Gasteiger partial charge in [0.05, 0.1) is 0 Å². The van der Waals surface area contributed by atoms with Crippen LogP contribution in [0.25, 0.3) is 11.2 Å². The van der Waals surface area contributed by atoms with Crippen molar-refractivity contribution in [2.75, 3.05) is 18.0 Å². The maximum absolute atomic E-state index is 12.0. The Morgan fingerprint density at radius 3 is 2.57 bits per heavy atom. The van der Waals surface area contributed by atoms with Gasteiger partial charge in [0.25, 0.3) is 5.56 Å². The fourth-order valence-corrected chi connectivity index (χ4v) is 3.09. The first kappa shape index (κ1) is 12.7. The fraction of sp³-hybridized carbons (Fsp3) is 0.643. The van der Waals surface area contributed by atoms with Crippen molar-refractivity contribution in [2.45, 2.75) is 38.6 Å². The SMILES string of the molecule is O=c1[nH]c(=O)c2nc(N3CCCCC3)n(CC3CC3)c2[nH]1. The van der Waals surface area contributed by atoms with Gasteiger partial charge in [-0.15, -0.1) is 0 Å². The molecule has 2 aromatic rings. The molecule has 0 unspecified atom stereocenters. The first-order valence-corrected chi connectivity index (χ1v) is 7.70. The molecule has 7 heteroatoms. The lowest BCUT2D eigenvalue weighted by Crippen LogP contribution is -2.32. The number of aromatic nitrogens is 4. The lowest BCUT2D eigenvalue weighted by atomic mass is 10.1. The smallest absolute Gasteiger partial charge is 0.327 e. The molecule has 1 saturated carbocycles. The largest absolute Gasteiger partial charge is 0.342 e. The second-order valence-corrected chi connectivity index (χ2v) is 6.12. The van der Waals surface area contributed by atoms with Gasteiger partial charge in [-0.05, 0) is 38.0 Å². The van der Waals surface area contributed by atoms with Crippen molar-refractivity contribution < 1.29 is 0 Å². The highest BCUT2D eigenvalue weighted by molar-refractivity contribution is 5.73. The summed E-state index contributed by atoms with van der Waals surface area (Å²) in [5, 5.41) is 0. The third-order valence-corrected chi connectivity index (χ3v) is 4.40. The van der Waals surface area contributed by atoms with Gasteiger partial charge in [0.1, 0.15) is 5.65 Å². The summed E-state index contributed by atoms with van der Waals surface area (Å²) in [7, 11) is 0. The third-order valence-electron chi connectivity index (χ3n) is 4.40. The molecule has 0 spiro atoms. The van der Waals surface area contributed by atoms with Crippen molar-refractivity contribution in [1.82, 2.24) is 19.5 Å². The van der Waals surface area contributed by atoms with E-state index in [0.29, 0.717) is 17.1 Å². The Balaban J connectivity index is 1.88. The van der Waals surface area contributed by atoms with Gasteiger partial charge in [-0.2, -0.15) is 0 Å². The fourth-order valence-electron chi connectivity index (χ4n) is 3.09. The number of anilines is 1. The number of hydrogen-bond acceptors (Lipinski definition) is 4. The van der Waals surface area contributed by atoms with Crippen LogP contribution in [-0.4, -0.2) is 32.6 Å². The minimum atomic E-state index is -0.463. The first-order chi connectivity index (χ1) is 10.2. The lowest BCUT2D eigenvalue weighted by molar-refractivity contribution is 0.546. The number of piperidine rings is 1. The molecule has 0 atom stereocenters. The van der Waals surface area contributed by atoms with Crippen LogP contribution in [-0.2, 0) is 6.54 Å². The molecular weight excluding hydrogens is 270 g/mol. The summed E-state index contributed by atoms with van der Waals surface area (Å²) in [4.78, 5) is 35.3. The zero-order valence-electron chi connectivity index (χ0n) is 11.9. The van der Waals surface area contributed by atoms with Gasteiger partial charge in [0, 0.05) is 19.6 Å². The summed E-state index contributed by atoms with van der Waals surface area (Å²) in [5.41, 5.74) is 0.0447. The van der Waals surface area contributed by atoms with Gasteiger partial charge < -0.3 is 4.90 Å². The third kappa shape index (κ3) is 2.26. The van der Waals surface area contributed by atoms with Crippen LogP contribution in [0.15, 0.2) is 9.59 Å². The van der Waals surface area contributed by atoms with E-state index in [9.17, 15) is 9.59 Å². The van der Waals surface area contributed by atoms with E-state index in [1.54, 1.807) is 0 Å². The quantitative estimate of drug-likeness (QED) is 0.875. The van der Waals surface area contributed by atoms with Crippen molar-refractivity contribution in [3.05, 3.63) is 20.8 Å². The average molecular weight is 289 g/mol. The predicted octanol–water partition coefficient (Wildman–Crippen LogP) is 0.813. The molecule has 1 aliphatic carbocycles. The summed E-state index contributed by atoms with van der Waals surface area (Å²) >= 11 is 0. The zero-order valence-corrected chi connectivity index (χ0v) is 11.9. The van der Waals surface area contributed by atoms with Gasteiger partial charge in [-0.3, -0.25) is 19.3 Å². The van der Waals surface area contributed by atoms with Crippen molar-refractivity contribution in [3.63, 3.8) is 0 Å². The highest BCUT2D eigenvalue weighted by atomic mass is 16.2. The molecule has 112 valence electrons. The first-order valence-electron chi connectivity index (χ1n) is 7.70. The van der Waals surface area contributed by atoms with Crippen LogP contribution in [0.2, 0.25) is 0 Å². The predicted molar refractivity (Wildman–Crippen MR) is 79.8 cm³/mol. The minimum absolute atomic E-state index is 0.343. The Bertz CT molecular complexity index is 777. The lowest BCUT2D eigenvalue weighted by Gasteiger charge is -2.28. The minimum Gasteiger partial charge on any atom is -0.342 e. The van der Waals surface area contributed by atoms with Crippen molar-refractivity contribution in [1.29, 1.82) is 0 Å². The number of hydrogen-bond donors (Lipinski definition) is 2. The van der Waals surface area contributed by atoms with Gasteiger partial charge in [-0.1, -0.05) is 0 Å². The molecular formula is C14H19N5O2. The monoisotopic (exact) mass is 289 g/mol. The molecule has 2 N–H and O–H groups in total. The molecule has 1 aliphatic heterocycles. The average Bonchev–Trinajstić information content (AvgIpc) is 3.22. The maximum Gasteiger partial charge on any atom is 0.327 e. The summed E-state index contributed by atoms with van der Waals surface area (Å²) < 4.78 is 2.04. The highest BCUT2D eigenvalue weighted by Gasteiger charge is 2.27. The van der Waals surface area contributed by atoms with Crippen LogP contribution in [0.1, 0.15) is 32.1 Å². The summed E-state index contributed by atoms with van der Waals surface area (Å²) in [6.45, 7) is 2.77. The van der Waals surface area contributed by atoms with E-state index < -0.39 is 11.2 Å². The Hall–Kier alpha value is -2.05. The van der Waals surface area contributed by atoms with Gasteiger partial charge in [0.2, 0.25) is 5.95 Å². The number of nitrogens with one attached hydrogen (secondary N) is 2. The van der Waals surface area contributed by atoms with Crippen molar-refractivity contribution in [3.8, 4) is 0 Å². The summed E-state index contributed by atoms with van der Waals surface area (Å²) in [5.74, 6) is 1.48. The van der Waals surface area contributed by atoms with Crippen LogP contribution < -0.4 is 16.1 Å². The topological polar surface area (TPSA) is 86.8 Å². The van der Waals surface area contributed by atoms with Crippen LogP contribution in [0.3, 0.4) is 0 Å². The molecule has 4 rings (SSSR count). The molecule has 0 bridgehead atoms. The number of H-pyrrole nitrogens is 2. The number of imidazole rings is 1. The Morgan fingerprint density at radius 2 is 1.86 bits per heavy atom. The zero-order chi connectivity index (χ0) is 14.4. The van der Waals surface area contributed by atoms with Gasteiger partial charge in [-0.25, -0.2) is 9.78 Å². The number of aromatic amines is 2. The Labute approximate surface area is 121 Å². The van der Waals surface area contributed by atoms with E-state index in [-0.39, 0.29) is 0 Å². The van der Waals surface area contributed by atoms with Crippen molar-refractivity contribution in [2.24, 2.45) is 5.92 Å². The maximum atomic E-state index is 12.0. The second-order valence-electron chi connectivity index (χ2n) is 6.12. The normalized spacial score (nSPS) is 19.3. The second kappa shape index (κ2) is 4.75. The van der Waals surface area contributed by atoms with Crippen LogP contribution in [0.4, 0.5) is 5.95 Å². The Kier molecular flexibility index (Phi) is 2.87. The molecule has 2 aromatic heterocycles. The van der Waals surface area contributed by atoms with E-state index in [0.717, 1.165) is 38.4 Å². The van der Waals surface area contributed by atoms with E-state index in [2.05, 4.69) is 19.9 Å². The van der Waals surface area contributed by atoms with E-state index in [4.69, 9.17) is 0 Å². The standard InChI is InChI=1S/C14H19N5O2/c20-12-10-11(16-13(21)17-12)19(8-9-4-5-9)14(15-10)18-6-2-1-3-7-18/h9H,1-8H2,(H2,16,17,20,21). The molecule has 2 fully saturated rings. The number of fused-ring (bicyclic) bond motifs is 1. The summed E-state index contributed by atoms with van der Waals surface area (Å²) in [6.07, 6.45) is 5.98. The van der Waals surface area contributed by atoms with Crippen molar-refractivity contribution >= 4 is 17.1 Å².